The Hall–Kier alpha value is -4.28. The van der Waals surface area contributed by atoms with E-state index in [4.69, 9.17) is 15.2 Å². The molecule has 0 spiro atoms. The second-order valence-corrected chi connectivity index (χ2v) is 17.1. The summed E-state index contributed by atoms with van der Waals surface area (Å²) in [6, 6.07) is 2.25. The predicted octanol–water partition coefficient (Wildman–Crippen LogP) is 0.679. The van der Waals surface area contributed by atoms with Gasteiger partial charge in [0.1, 0.15) is 29.8 Å². The van der Waals surface area contributed by atoms with Gasteiger partial charge in [-0.05, 0) is 41.4 Å². The molecule has 2 aliphatic carbocycles. The maximum atomic E-state index is 14.4. The molecule has 16 heteroatoms. The first kappa shape index (κ1) is 36.5. The molecule has 3 fully saturated rings. The summed E-state index contributed by atoms with van der Waals surface area (Å²) in [4.78, 5) is 71.6. The third kappa shape index (κ3) is 7.53. The lowest BCUT2D eigenvalue weighted by atomic mass is 9.85. The van der Waals surface area contributed by atoms with Gasteiger partial charge in [0.2, 0.25) is 27.7 Å². The van der Waals surface area contributed by atoms with E-state index in [2.05, 4.69) is 21.9 Å². The summed E-state index contributed by atoms with van der Waals surface area (Å²) in [5.41, 5.74) is 6.51. The van der Waals surface area contributed by atoms with Gasteiger partial charge in [0.25, 0.3) is 5.91 Å². The summed E-state index contributed by atoms with van der Waals surface area (Å²) in [6.07, 6.45) is 4.50. The minimum absolute atomic E-state index is 0.104. The zero-order valence-electron chi connectivity index (χ0n) is 29.1. The molecule has 1 aromatic carbocycles. The van der Waals surface area contributed by atoms with Crippen molar-refractivity contribution >= 4 is 45.8 Å². The molecule has 1 aromatic rings. The smallest absolute Gasteiger partial charge is 0.410 e. The van der Waals surface area contributed by atoms with E-state index in [1.54, 1.807) is 31.7 Å². The normalized spacial score (nSPS) is 30.7. The molecule has 6 atom stereocenters. The first-order valence-electron chi connectivity index (χ1n) is 17.2. The SMILES string of the molecule is C=C[C@@H]1C[C@]1(NC(=O)[C@@H]1C[C@@H]2CN1C(=O)[C@H](C(C)(C)C)NC(=O)[C@@H](N)COC/C=C\c1cccc3c1CN(C3)C(=O)O2)C(=O)NS(=O)(=O)C1CC1. The van der Waals surface area contributed by atoms with Crippen LogP contribution in [0.5, 0.6) is 0 Å². The highest BCUT2D eigenvalue weighted by Gasteiger charge is 2.62. The third-order valence-electron chi connectivity index (χ3n) is 10.2. The Morgan fingerprint density at radius 1 is 1.16 bits per heavy atom. The van der Waals surface area contributed by atoms with Gasteiger partial charge in [0, 0.05) is 18.9 Å². The first-order valence-corrected chi connectivity index (χ1v) is 18.8. The van der Waals surface area contributed by atoms with Gasteiger partial charge in [-0.25, -0.2) is 13.2 Å². The third-order valence-corrected chi connectivity index (χ3v) is 12.0. The molecule has 5 aliphatic rings. The number of hydrogen-bond donors (Lipinski definition) is 4. The van der Waals surface area contributed by atoms with Crippen LogP contribution in [0.1, 0.15) is 63.1 Å². The highest BCUT2D eigenvalue weighted by atomic mass is 32.2. The molecule has 1 saturated heterocycles. The molecule has 0 aromatic heterocycles. The Labute approximate surface area is 297 Å². The van der Waals surface area contributed by atoms with E-state index in [1.165, 1.54) is 11.0 Å². The maximum Gasteiger partial charge on any atom is 0.410 e. The van der Waals surface area contributed by atoms with E-state index in [1.807, 2.05) is 24.3 Å². The zero-order valence-corrected chi connectivity index (χ0v) is 29.9. The second-order valence-electron chi connectivity index (χ2n) is 15.1. The van der Waals surface area contributed by atoms with Gasteiger partial charge < -0.3 is 30.7 Å². The minimum atomic E-state index is -3.92. The van der Waals surface area contributed by atoms with Crippen LogP contribution in [0, 0.1) is 11.3 Å². The summed E-state index contributed by atoms with van der Waals surface area (Å²) in [6.45, 7) is 9.46. The van der Waals surface area contributed by atoms with Gasteiger partial charge in [-0.1, -0.05) is 57.2 Å². The van der Waals surface area contributed by atoms with Crippen LogP contribution in [0.15, 0.2) is 36.9 Å². The van der Waals surface area contributed by atoms with Crippen LogP contribution in [0.4, 0.5) is 4.79 Å². The van der Waals surface area contributed by atoms with Crippen LogP contribution in [0.3, 0.4) is 0 Å². The van der Waals surface area contributed by atoms with E-state index in [0.29, 0.717) is 19.4 Å². The second kappa shape index (κ2) is 13.7. The van der Waals surface area contributed by atoms with Crippen LogP contribution in [-0.2, 0) is 51.8 Å². The van der Waals surface area contributed by atoms with Gasteiger partial charge in [-0.15, -0.1) is 6.58 Å². The van der Waals surface area contributed by atoms with Crippen molar-refractivity contribution in [2.24, 2.45) is 17.1 Å². The Bertz CT molecular complexity index is 1770. The maximum absolute atomic E-state index is 14.4. The number of rotatable bonds is 6. The number of ether oxygens (including phenoxy) is 2. The Kier molecular flexibility index (Phi) is 9.80. The van der Waals surface area contributed by atoms with Gasteiger partial charge in [0.15, 0.2) is 0 Å². The minimum Gasteiger partial charge on any atom is -0.444 e. The van der Waals surface area contributed by atoms with Crippen molar-refractivity contribution in [2.45, 2.75) is 94.6 Å². The molecule has 276 valence electrons. The Balaban J connectivity index is 1.29. The van der Waals surface area contributed by atoms with E-state index in [0.717, 1.165) is 16.7 Å². The van der Waals surface area contributed by atoms with Gasteiger partial charge >= 0.3 is 6.09 Å². The number of carbonyl (C=O) groups excluding carboxylic acids is 5. The van der Waals surface area contributed by atoms with Crippen molar-refractivity contribution < 1.29 is 41.9 Å². The number of nitrogens with two attached hydrogens (primary N) is 1. The number of benzene rings is 1. The van der Waals surface area contributed by atoms with Crippen molar-refractivity contribution in [3.63, 3.8) is 0 Å². The van der Waals surface area contributed by atoms with Crippen molar-refractivity contribution in [1.82, 2.24) is 25.2 Å². The molecule has 5 N–H and O–H groups in total. The van der Waals surface area contributed by atoms with Crippen LogP contribution in [0.2, 0.25) is 0 Å². The standard InChI is InChI=1S/C35H46N6O9S/c1-5-22-15-35(22,32(45)39-51(47,48)24-11-12-24)38-30(43)27-14-23-17-41(27)31(44)28(34(2,3)4)37-29(42)26(36)19-49-13-7-10-20-8-6-9-21-16-40(18-25(20)21)33(46)50-23/h5-10,22-24,26-28H,1,11-19,36H2,2-4H3,(H,37,42)(H,38,43)(H,39,45)/b10-7-/t22-,23-,26+,27+,28-,35-/m1/s1. The molecule has 6 rings (SSSR count). The van der Waals surface area contributed by atoms with Crippen molar-refractivity contribution in [3.8, 4) is 0 Å². The van der Waals surface area contributed by atoms with Gasteiger partial charge in [0.05, 0.1) is 31.6 Å². The van der Waals surface area contributed by atoms with Crippen LogP contribution in [-0.4, -0.2) is 103 Å². The molecular formula is C35H46N6O9S. The highest BCUT2D eigenvalue weighted by Crippen LogP contribution is 2.45. The summed E-state index contributed by atoms with van der Waals surface area (Å²) < 4.78 is 39.0. The molecule has 4 bridgehead atoms. The molecule has 5 amide bonds. The van der Waals surface area contributed by atoms with Crippen LogP contribution < -0.4 is 21.1 Å². The Morgan fingerprint density at radius 2 is 1.90 bits per heavy atom. The quantitative estimate of drug-likeness (QED) is 0.302. The fraction of sp³-hybridized carbons (Fsp3) is 0.571. The Morgan fingerprint density at radius 3 is 2.57 bits per heavy atom. The monoisotopic (exact) mass is 726 g/mol. The topological polar surface area (TPSA) is 207 Å². The van der Waals surface area contributed by atoms with Gasteiger partial charge in [-0.2, -0.15) is 0 Å². The number of nitrogens with one attached hydrogen (secondary N) is 3. The molecule has 51 heavy (non-hydrogen) atoms. The number of sulfonamides is 1. The predicted molar refractivity (Wildman–Crippen MR) is 185 cm³/mol. The highest BCUT2D eigenvalue weighted by molar-refractivity contribution is 7.91. The van der Waals surface area contributed by atoms with E-state index in [-0.39, 0.29) is 39.1 Å². The number of carbonyl (C=O) groups is 5. The lowest BCUT2D eigenvalue weighted by Crippen LogP contribution is -2.61. The molecule has 2 saturated carbocycles. The summed E-state index contributed by atoms with van der Waals surface area (Å²) in [7, 11) is -3.92. The van der Waals surface area contributed by atoms with Gasteiger partial charge in [-0.3, -0.25) is 28.8 Å². The summed E-state index contributed by atoms with van der Waals surface area (Å²) >= 11 is 0. The van der Waals surface area contributed by atoms with Crippen molar-refractivity contribution in [1.29, 1.82) is 0 Å². The van der Waals surface area contributed by atoms with Crippen molar-refractivity contribution in [3.05, 3.63) is 53.6 Å². The largest absolute Gasteiger partial charge is 0.444 e. The number of fused-ring (bicyclic) bond motifs is 3. The van der Waals surface area contributed by atoms with E-state index < -0.39 is 86.1 Å². The van der Waals surface area contributed by atoms with Crippen LogP contribution in [0.25, 0.3) is 6.08 Å². The first-order chi connectivity index (χ1) is 24.0. The number of hydrogen-bond acceptors (Lipinski definition) is 10. The molecule has 3 heterocycles. The lowest BCUT2D eigenvalue weighted by Gasteiger charge is -2.36. The van der Waals surface area contributed by atoms with E-state index >= 15 is 0 Å². The summed E-state index contributed by atoms with van der Waals surface area (Å²) in [5.74, 6) is -3.41. The van der Waals surface area contributed by atoms with Crippen molar-refractivity contribution in [2.75, 3.05) is 19.8 Å². The molecular weight excluding hydrogens is 680 g/mol. The number of nitrogens with zero attached hydrogens (tertiary/aromatic N) is 2. The molecule has 15 nitrogen and oxygen atoms in total. The number of amides is 5. The van der Waals surface area contributed by atoms with E-state index in [9.17, 15) is 32.4 Å². The molecule has 0 radical (unpaired) electrons. The molecule has 3 aliphatic heterocycles. The lowest BCUT2D eigenvalue weighted by molar-refractivity contribution is -0.145. The molecule has 0 unspecified atom stereocenters. The zero-order chi connectivity index (χ0) is 36.9. The van der Waals surface area contributed by atoms with Crippen LogP contribution >= 0.6 is 0 Å². The summed E-state index contributed by atoms with van der Waals surface area (Å²) in [5, 5.41) is 4.81. The fourth-order valence-corrected chi connectivity index (χ4v) is 8.29. The fourth-order valence-electron chi connectivity index (χ4n) is 6.92. The average Bonchev–Trinajstić information content (AvgIpc) is 3.96. The average molecular weight is 727 g/mol.